The van der Waals surface area contributed by atoms with Crippen molar-refractivity contribution in [3.05, 3.63) is 66.4 Å². The second-order valence-electron chi connectivity index (χ2n) is 6.41. The van der Waals surface area contributed by atoms with Crippen molar-refractivity contribution in [3.63, 3.8) is 0 Å². The highest BCUT2D eigenvalue weighted by Crippen LogP contribution is 2.22. The summed E-state index contributed by atoms with van der Waals surface area (Å²) < 4.78 is 40.6. The molecule has 0 bridgehead atoms. The maximum atomic E-state index is 14.3. The van der Waals surface area contributed by atoms with Gasteiger partial charge in [-0.1, -0.05) is 12.1 Å². The number of rotatable bonds is 4. The number of nitrogens with zero attached hydrogens (tertiary/aromatic N) is 3. The Labute approximate surface area is 155 Å². The molecule has 1 N–H and O–H groups in total. The topological polar surface area (TPSA) is 86.0 Å². The van der Waals surface area contributed by atoms with Crippen molar-refractivity contribution in [1.82, 2.24) is 19.7 Å². The van der Waals surface area contributed by atoms with Crippen molar-refractivity contribution >= 4 is 15.7 Å². The Morgan fingerprint density at radius 1 is 1.19 bits per heavy atom. The van der Waals surface area contributed by atoms with Crippen molar-refractivity contribution in [1.29, 1.82) is 0 Å². The molecule has 0 spiro atoms. The lowest BCUT2D eigenvalue weighted by Crippen LogP contribution is -2.36. The summed E-state index contributed by atoms with van der Waals surface area (Å²) in [5.74, 6) is -0.537. The molecule has 1 fully saturated rings. The van der Waals surface area contributed by atoms with Crippen LogP contribution in [0.2, 0.25) is 0 Å². The van der Waals surface area contributed by atoms with Crippen LogP contribution in [-0.4, -0.2) is 46.2 Å². The van der Waals surface area contributed by atoms with Crippen LogP contribution in [0.5, 0.6) is 0 Å². The second kappa shape index (κ2) is 6.66. The Bertz CT molecular complexity index is 1090. The van der Waals surface area contributed by atoms with Crippen LogP contribution in [0.1, 0.15) is 16.8 Å². The number of benzene rings is 1. The third kappa shape index (κ3) is 3.37. The van der Waals surface area contributed by atoms with E-state index in [-0.39, 0.29) is 22.8 Å². The molecule has 0 aliphatic carbocycles. The third-order valence-corrected chi connectivity index (χ3v) is 6.25. The van der Waals surface area contributed by atoms with Gasteiger partial charge in [-0.25, -0.2) is 17.5 Å². The molecule has 9 heteroatoms. The predicted octanol–water partition coefficient (Wildman–Crippen LogP) is 1.72. The fraction of sp³-hybridized carbons (Fsp3) is 0.222. The average Bonchev–Trinajstić information content (AvgIpc) is 3.34. The molecule has 3 heterocycles. The average molecular weight is 388 g/mol. The SMILES string of the molecule is O=C(N[C@@H]1CCS(=O)(=O)C1)c1cnn(-c2ccccc2F)c1-n1cccc1. The van der Waals surface area contributed by atoms with E-state index in [0.717, 1.165) is 0 Å². The number of hydrogen-bond donors (Lipinski definition) is 1. The minimum absolute atomic E-state index is 0.0664. The van der Waals surface area contributed by atoms with Gasteiger partial charge in [0.25, 0.3) is 5.91 Å². The molecule has 27 heavy (non-hydrogen) atoms. The molecular weight excluding hydrogens is 371 g/mol. The van der Waals surface area contributed by atoms with Crippen molar-refractivity contribution in [3.8, 4) is 11.5 Å². The summed E-state index contributed by atoms with van der Waals surface area (Å²) >= 11 is 0. The van der Waals surface area contributed by atoms with E-state index in [1.165, 1.54) is 16.9 Å². The molecule has 0 radical (unpaired) electrons. The fourth-order valence-electron chi connectivity index (χ4n) is 3.20. The molecule has 1 aliphatic heterocycles. The minimum atomic E-state index is -3.11. The lowest BCUT2D eigenvalue weighted by atomic mass is 10.2. The molecule has 4 rings (SSSR count). The van der Waals surface area contributed by atoms with Crippen molar-refractivity contribution in [2.24, 2.45) is 0 Å². The Kier molecular flexibility index (Phi) is 4.31. The lowest BCUT2D eigenvalue weighted by Gasteiger charge is -2.13. The first-order valence-electron chi connectivity index (χ1n) is 8.42. The van der Waals surface area contributed by atoms with E-state index < -0.39 is 27.6 Å². The number of para-hydroxylation sites is 1. The summed E-state index contributed by atoms with van der Waals surface area (Å²) in [5.41, 5.74) is 0.447. The second-order valence-corrected chi connectivity index (χ2v) is 8.64. The van der Waals surface area contributed by atoms with Gasteiger partial charge in [0.2, 0.25) is 0 Å². The summed E-state index contributed by atoms with van der Waals surface area (Å²) in [6, 6.07) is 9.28. The number of carbonyl (C=O) groups is 1. The monoisotopic (exact) mass is 388 g/mol. The number of amides is 1. The Balaban J connectivity index is 1.73. The lowest BCUT2D eigenvalue weighted by molar-refractivity contribution is 0.0941. The number of sulfone groups is 1. The van der Waals surface area contributed by atoms with Crippen LogP contribution >= 0.6 is 0 Å². The minimum Gasteiger partial charge on any atom is -0.348 e. The third-order valence-electron chi connectivity index (χ3n) is 4.49. The van der Waals surface area contributed by atoms with E-state index in [1.807, 2.05) is 0 Å². The van der Waals surface area contributed by atoms with Gasteiger partial charge in [0.1, 0.15) is 17.1 Å². The summed E-state index contributed by atoms with van der Waals surface area (Å²) in [7, 11) is -3.11. The fourth-order valence-corrected chi connectivity index (χ4v) is 4.87. The van der Waals surface area contributed by atoms with Crippen molar-refractivity contribution in [2.45, 2.75) is 12.5 Å². The van der Waals surface area contributed by atoms with Crippen LogP contribution in [0.25, 0.3) is 11.5 Å². The van der Waals surface area contributed by atoms with E-state index in [4.69, 9.17) is 0 Å². The summed E-state index contributed by atoms with van der Waals surface area (Å²) in [4.78, 5) is 12.8. The summed E-state index contributed by atoms with van der Waals surface area (Å²) in [5, 5.41) is 6.96. The highest BCUT2D eigenvalue weighted by Gasteiger charge is 2.30. The Hall–Kier alpha value is -2.94. The van der Waals surface area contributed by atoms with Crippen molar-refractivity contribution in [2.75, 3.05) is 11.5 Å². The molecule has 140 valence electrons. The molecule has 0 unspecified atom stereocenters. The van der Waals surface area contributed by atoms with Gasteiger partial charge in [0.15, 0.2) is 15.7 Å². The first-order chi connectivity index (χ1) is 12.9. The van der Waals surface area contributed by atoms with E-state index in [1.54, 1.807) is 47.3 Å². The van der Waals surface area contributed by atoms with E-state index in [2.05, 4.69) is 10.4 Å². The van der Waals surface area contributed by atoms with Crippen LogP contribution < -0.4 is 5.32 Å². The predicted molar refractivity (Wildman–Crippen MR) is 97.4 cm³/mol. The van der Waals surface area contributed by atoms with Gasteiger partial charge in [-0.3, -0.25) is 4.79 Å². The molecule has 3 aromatic rings. The number of nitrogens with one attached hydrogen (secondary N) is 1. The first-order valence-corrected chi connectivity index (χ1v) is 10.2. The van der Waals surface area contributed by atoms with Gasteiger partial charge in [-0.2, -0.15) is 5.10 Å². The van der Waals surface area contributed by atoms with E-state index >= 15 is 0 Å². The van der Waals surface area contributed by atoms with Gasteiger partial charge < -0.3 is 9.88 Å². The van der Waals surface area contributed by atoms with Gasteiger partial charge in [0, 0.05) is 18.4 Å². The molecule has 7 nitrogen and oxygen atoms in total. The first kappa shape index (κ1) is 17.5. The quantitative estimate of drug-likeness (QED) is 0.737. The zero-order valence-electron chi connectivity index (χ0n) is 14.2. The highest BCUT2D eigenvalue weighted by atomic mass is 32.2. The van der Waals surface area contributed by atoms with Crippen LogP contribution in [0, 0.1) is 5.82 Å². The largest absolute Gasteiger partial charge is 0.348 e. The maximum Gasteiger partial charge on any atom is 0.256 e. The molecule has 1 saturated heterocycles. The summed E-state index contributed by atoms with van der Waals surface area (Å²) in [6.45, 7) is 0. The van der Waals surface area contributed by atoms with Crippen LogP contribution in [0.4, 0.5) is 4.39 Å². The zero-order valence-corrected chi connectivity index (χ0v) is 15.1. The highest BCUT2D eigenvalue weighted by molar-refractivity contribution is 7.91. The Morgan fingerprint density at radius 2 is 1.93 bits per heavy atom. The van der Waals surface area contributed by atoms with Crippen LogP contribution in [0.15, 0.2) is 55.0 Å². The number of halogens is 1. The molecule has 2 aromatic heterocycles. The number of hydrogen-bond acceptors (Lipinski definition) is 4. The van der Waals surface area contributed by atoms with E-state index in [0.29, 0.717) is 12.2 Å². The normalized spacial score (nSPS) is 18.5. The van der Waals surface area contributed by atoms with Gasteiger partial charge in [-0.05, 0) is 30.7 Å². The molecule has 1 atom stereocenters. The molecular formula is C18H17FN4O3S. The van der Waals surface area contributed by atoms with Gasteiger partial charge in [0.05, 0.1) is 17.7 Å². The zero-order chi connectivity index (χ0) is 19.0. The standard InChI is InChI=1S/C18H17FN4O3S/c19-15-5-1-2-6-16(15)23-18(22-8-3-4-9-22)14(11-20-23)17(24)21-13-7-10-27(25,26)12-13/h1-6,8-9,11,13H,7,10,12H2,(H,21,24)/t13-/m1/s1. The number of aromatic nitrogens is 3. The van der Waals surface area contributed by atoms with Gasteiger partial charge in [-0.15, -0.1) is 0 Å². The summed E-state index contributed by atoms with van der Waals surface area (Å²) in [6.07, 6.45) is 5.20. The molecule has 1 aromatic carbocycles. The molecule has 0 saturated carbocycles. The smallest absolute Gasteiger partial charge is 0.256 e. The van der Waals surface area contributed by atoms with Gasteiger partial charge >= 0.3 is 0 Å². The van der Waals surface area contributed by atoms with E-state index in [9.17, 15) is 17.6 Å². The van der Waals surface area contributed by atoms with Crippen LogP contribution in [-0.2, 0) is 9.84 Å². The maximum absolute atomic E-state index is 14.3. The Morgan fingerprint density at radius 3 is 2.59 bits per heavy atom. The molecule has 1 amide bonds. The van der Waals surface area contributed by atoms with Crippen molar-refractivity contribution < 1.29 is 17.6 Å². The van der Waals surface area contributed by atoms with Crippen LogP contribution in [0.3, 0.4) is 0 Å². The number of carbonyl (C=O) groups excluding carboxylic acids is 1. The molecule has 1 aliphatic rings.